The van der Waals surface area contributed by atoms with E-state index in [-0.39, 0.29) is 83.2 Å². The molecule has 4 nitrogen and oxygen atoms in total. The molecular formula is C18H22Ge2N2O2S3-6. The Kier molecular flexibility index (Phi) is 23.4. The van der Waals surface area contributed by atoms with Crippen molar-refractivity contribution in [3.63, 3.8) is 0 Å². The Balaban J connectivity index is -0.000000384. The van der Waals surface area contributed by atoms with Gasteiger partial charge in [0.25, 0.3) is 0 Å². The Morgan fingerprint density at radius 3 is 1.19 bits per heavy atom. The van der Waals surface area contributed by atoms with E-state index in [1.807, 2.05) is 36.4 Å². The number of carbonyl (C=O) groups excluding carboxylic acids is 2. The maximum absolute atomic E-state index is 10.4. The van der Waals surface area contributed by atoms with Crippen molar-refractivity contribution >= 4 is 92.0 Å². The van der Waals surface area contributed by atoms with Gasteiger partial charge in [-0.1, -0.05) is 0 Å². The molecule has 2 aromatic carbocycles. The maximum atomic E-state index is 10.4. The Labute approximate surface area is 195 Å². The van der Waals surface area contributed by atoms with E-state index < -0.39 is 0 Å². The fourth-order valence-electron chi connectivity index (χ4n) is 1.77. The van der Waals surface area contributed by atoms with Crippen molar-refractivity contribution in [2.75, 3.05) is 0 Å². The number of nitrogens with two attached hydrogens (primary N) is 2. The first-order valence-corrected chi connectivity index (χ1v) is 12.8. The van der Waals surface area contributed by atoms with E-state index in [9.17, 15) is 9.59 Å². The van der Waals surface area contributed by atoms with Gasteiger partial charge >= 0.3 is 157 Å². The Bertz CT molecular complexity index is 565. The molecule has 0 saturated carbocycles. The van der Waals surface area contributed by atoms with E-state index in [0.717, 1.165) is 10.5 Å². The van der Waals surface area contributed by atoms with Gasteiger partial charge in [-0.3, -0.25) is 0 Å². The number of carbonyl (C=O) groups is 2. The van der Waals surface area contributed by atoms with Gasteiger partial charge in [-0.25, -0.2) is 0 Å². The second kappa shape index (κ2) is 20.3. The molecule has 2 amide bonds. The van der Waals surface area contributed by atoms with Gasteiger partial charge in [-0.05, 0) is 0 Å². The third kappa shape index (κ3) is 18.6. The first-order chi connectivity index (χ1) is 11.6. The van der Waals surface area contributed by atoms with Crippen LogP contribution >= 0.6 is 0 Å². The molecule has 27 heavy (non-hydrogen) atoms. The molecule has 4 N–H and O–H groups in total. The van der Waals surface area contributed by atoms with Crippen molar-refractivity contribution in [1.29, 1.82) is 0 Å². The minimum Gasteiger partial charge on any atom is -2.00 e. The fraction of sp³-hybridized carbons (Fsp3) is 0.222. The van der Waals surface area contributed by atoms with E-state index in [4.69, 9.17) is 11.5 Å². The summed E-state index contributed by atoms with van der Waals surface area (Å²) in [4.78, 5) is 20.9. The second-order valence-electron chi connectivity index (χ2n) is 5.02. The number of benzene rings is 2. The van der Waals surface area contributed by atoms with Crippen LogP contribution in [0.25, 0.3) is 0 Å². The minimum absolute atomic E-state index is 0. The minimum atomic E-state index is -0.185. The van der Waals surface area contributed by atoms with E-state index in [1.165, 1.54) is 8.79 Å². The van der Waals surface area contributed by atoms with Crippen molar-refractivity contribution in [2.45, 2.75) is 23.3 Å². The van der Waals surface area contributed by atoms with Gasteiger partial charge in [0, 0.05) is 0 Å². The molecule has 0 aliphatic rings. The summed E-state index contributed by atoms with van der Waals surface area (Å²) >= 11 is -0.272. The Hall–Kier alpha value is -0.484. The molecule has 0 aliphatic carbocycles. The number of amides is 2. The van der Waals surface area contributed by atoms with E-state index in [2.05, 4.69) is 24.3 Å². The van der Waals surface area contributed by atoms with E-state index in [1.54, 1.807) is 0 Å². The van der Waals surface area contributed by atoms with Crippen LogP contribution in [-0.4, -0.2) is 42.7 Å². The fourth-order valence-corrected chi connectivity index (χ4v) is 6.34. The van der Waals surface area contributed by atoms with Gasteiger partial charge in [0.1, 0.15) is 0 Å². The molecule has 2 rings (SSSR count). The molecular weight excluding hydrogens is 518 g/mol. The zero-order chi connectivity index (χ0) is 17.6. The van der Waals surface area contributed by atoms with Gasteiger partial charge in [0.05, 0.1) is 0 Å². The average Bonchev–Trinajstić information content (AvgIpc) is 2.57. The molecule has 0 heterocycles. The summed E-state index contributed by atoms with van der Waals surface area (Å²) in [5.41, 5.74) is 10.1. The first kappa shape index (κ1) is 31.2. The standard InChI is InChI=1S/2C9H11GeNO.3S/c2*11-9(12)6-7-10-8-4-2-1-3-5-8;;;/h2*1-5H,6-7H2,(H2,11,12);;;/q;;3*-2. The second-order valence-corrected chi connectivity index (χ2v) is 11.0. The van der Waals surface area contributed by atoms with Crippen LogP contribution in [0.15, 0.2) is 60.7 Å². The van der Waals surface area contributed by atoms with Crippen LogP contribution in [0.1, 0.15) is 12.8 Å². The van der Waals surface area contributed by atoms with Crippen LogP contribution in [0, 0.1) is 0 Å². The zero-order valence-corrected chi connectivity index (χ0v) is 21.4. The number of hydrogen-bond donors (Lipinski definition) is 2. The van der Waals surface area contributed by atoms with Crippen molar-refractivity contribution in [1.82, 2.24) is 0 Å². The zero-order valence-electron chi connectivity index (χ0n) is 14.8. The van der Waals surface area contributed by atoms with Gasteiger partial charge < -0.3 is 40.5 Å². The third-order valence-electron chi connectivity index (χ3n) is 2.95. The maximum Gasteiger partial charge on any atom is -2.00 e. The SMILES string of the molecule is NC(=O)C[CH2][Ge][c]1ccccc1.NC(=O)C[CH2][Ge][c]1ccccc1.[S-2].[S-2].[S-2]. The number of rotatable bonds is 8. The first-order valence-electron chi connectivity index (χ1n) is 7.72. The summed E-state index contributed by atoms with van der Waals surface area (Å²) in [5.74, 6) is -0.371. The van der Waals surface area contributed by atoms with Crippen LogP contribution < -0.4 is 20.3 Å². The summed E-state index contributed by atoms with van der Waals surface area (Å²) in [6.07, 6.45) is 1.07. The normalized spacial score (nSPS) is 8.59. The predicted molar refractivity (Wildman–Crippen MR) is 123 cm³/mol. The van der Waals surface area contributed by atoms with E-state index >= 15 is 0 Å². The van der Waals surface area contributed by atoms with Gasteiger partial charge in [0.15, 0.2) is 0 Å². The van der Waals surface area contributed by atoms with Crippen molar-refractivity contribution in [3.05, 3.63) is 60.7 Å². The smallest absolute Gasteiger partial charge is 2.00 e. The van der Waals surface area contributed by atoms with Crippen LogP contribution in [0.4, 0.5) is 0 Å². The predicted octanol–water partition coefficient (Wildman–Crippen LogP) is 0.612. The molecule has 148 valence electrons. The van der Waals surface area contributed by atoms with Crippen LogP contribution in [0.2, 0.25) is 10.5 Å². The summed E-state index contributed by atoms with van der Waals surface area (Å²) in [6.45, 7) is 0. The summed E-state index contributed by atoms with van der Waals surface area (Å²) < 4.78 is 2.78. The van der Waals surface area contributed by atoms with Gasteiger partial charge in [0.2, 0.25) is 0 Å². The van der Waals surface area contributed by atoms with Crippen molar-refractivity contribution in [2.24, 2.45) is 11.5 Å². The molecule has 9 heteroatoms. The number of hydrogen-bond acceptors (Lipinski definition) is 2. The molecule has 2 aromatic rings. The molecule has 4 radical (unpaired) electrons. The molecule has 0 fully saturated rings. The largest absolute Gasteiger partial charge is 2.00 e. The van der Waals surface area contributed by atoms with Crippen LogP contribution in [0.5, 0.6) is 0 Å². The van der Waals surface area contributed by atoms with Crippen molar-refractivity contribution < 1.29 is 9.59 Å². The van der Waals surface area contributed by atoms with Crippen LogP contribution in [-0.2, 0) is 50.1 Å². The third-order valence-corrected chi connectivity index (χ3v) is 8.16. The topological polar surface area (TPSA) is 86.2 Å². The monoisotopic (exact) mass is 542 g/mol. The summed E-state index contributed by atoms with van der Waals surface area (Å²) in [6, 6.07) is 20.6. The Morgan fingerprint density at radius 2 is 0.926 bits per heavy atom. The summed E-state index contributed by atoms with van der Waals surface area (Å²) in [5, 5.41) is 1.94. The molecule has 0 bridgehead atoms. The van der Waals surface area contributed by atoms with Crippen molar-refractivity contribution in [3.8, 4) is 0 Å². The average molecular weight is 540 g/mol. The number of primary amides is 2. The van der Waals surface area contributed by atoms with Crippen LogP contribution in [0.3, 0.4) is 0 Å². The van der Waals surface area contributed by atoms with Gasteiger partial charge in [-0.15, -0.1) is 0 Å². The summed E-state index contributed by atoms with van der Waals surface area (Å²) in [7, 11) is 0. The van der Waals surface area contributed by atoms with Gasteiger partial charge in [-0.2, -0.15) is 0 Å². The quantitative estimate of drug-likeness (QED) is 0.482. The molecule has 0 atom stereocenters. The molecule has 0 unspecified atom stereocenters. The molecule has 0 aromatic heterocycles. The molecule has 0 saturated heterocycles. The molecule has 0 aliphatic heterocycles. The molecule has 0 spiro atoms. The Morgan fingerprint density at radius 1 is 0.630 bits per heavy atom. The van der Waals surface area contributed by atoms with E-state index in [0.29, 0.717) is 12.8 Å².